The van der Waals surface area contributed by atoms with Crippen LogP contribution in [-0.4, -0.2) is 38.1 Å². The second-order valence-corrected chi connectivity index (χ2v) is 5.02. The average molecular weight is 233 g/mol. The van der Waals surface area contributed by atoms with E-state index in [9.17, 15) is 0 Å². The Balaban J connectivity index is 2.06. The van der Waals surface area contributed by atoms with Crippen LogP contribution >= 0.6 is 0 Å². The molecule has 0 saturated carbocycles. The van der Waals surface area contributed by atoms with Gasteiger partial charge in [-0.1, -0.05) is 12.1 Å². The highest BCUT2D eigenvalue weighted by atomic mass is 15.2. The van der Waals surface area contributed by atoms with Crippen molar-refractivity contribution < 1.29 is 0 Å². The second kappa shape index (κ2) is 5.52. The van der Waals surface area contributed by atoms with Gasteiger partial charge in [0.05, 0.1) is 0 Å². The van der Waals surface area contributed by atoms with Crippen molar-refractivity contribution >= 4 is 5.69 Å². The first kappa shape index (κ1) is 12.4. The molecule has 0 radical (unpaired) electrons. The lowest BCUT2D eigenvalue weighted by molar-refractivity contribution is 0.360. The molecule has 0 amide bonds. The minimum Gasteiger partial charge on any atom is -0.370 e. The zero-order chi connectivity index (χ0) is 12.3. The highest BCUT2D eigenvalue weighted by Crippen LogP contribution is 2.19. The van der Waals surface area contributed by atoms with E-state index in [4.69, 9.17) is 5.73 Å². The Morgan fingerprint density at radius 1 is 1.06 bits per heavy atom. The molecule has 2 rings (SSSR count). The highest BCUT2D eigenvalue weighted by molar-refractivity contribution is 5.48. The van der Waals surface area contributed by atoms with Crippen LogP contribution in [-0.2, 0) is 0 Å². The van der Waals surface area contributed by atoms with E-state index in [2.05, 4.69) is 41.1 Å². The molecule has 3 heteroatoms. The number of nitrogens with zero attached hydrogens (tertiary/aromatic N) is 2. The van der Waals surface area contributed by atoms with Gasteiger partial charge in [-0.05, 0) is 44.6 Å². The van der Waals surface area contributed by atoms with E-state index < -0.39 is 0 Å². The van der Waals surface area contributed by atoms with Crippen molar-refractivity contribution in [3.05, 3.63) is 29.8 Å². The van der Waals surface area contributed by atoms with Crippen molar-refractivity contribution in [1.29, 1.82) is 0 Å². The standard InChI is InChI=1S/C14H23N3/c1-12(15)13-4-6-14(7-5-13)17-9-3-8-16(2)10-11-17/h4-7,12H,3,8-11,15H2,1-2H3/t12-/m1/s1. The zero-order valence-electron chi connectivity index (χ0n) is 10.9. The first-order chi connectivity index (χ1) is 8.16. The van der Waals surface area contributed by atoms with E-state index in [-0.39, 0.29) is 6.04 Å². The van der Waals surface area contributed by atoms with Crippen molar-refractivity contribution in [1.82, 2.24) is 4.90 Å². The Labute approximate surface area is 104 Å². The van der Waals surface area contributed by atoms with Crippen molar-refractivity contribution in [2.75, 3.05) is 38.1 Å². The zero-order valence-corrected chi connectivity index (χ0v) is 10.9. The summed E-state index contributed by atoms with van der Waals surface area (Å²) in [5, 5.41) is 0. The molecule has 0 aliphatic carbocycles. The van der Waals surface area contributed by atoms with Crippen LogP contribution in [0.1, 0.15) is 24.9 Å². The Kier molecular flexibility index (Phi) is 4.02. The predicted molar refractivity (Wildman–Crippen MR) is 73.4 cm³/mol. The Morgan fingerprint density at radius 2 is 1.76 bits per heavy atom. The third-order valence-corrected chi connectivity index (χ3v) is 3.50. The van der Waals surface area contributed by atoms with Crippen LogP contribution in [0.15, 0.2) is 24.3 Å². The van der Waals surface area contributed by atoms with E-state index in [1.807, 2.05) is 6.92 Å². The number of hydrogen-bond acceptors (Lipinski definition) is 3. The summed E-state index contributed by atoms with van der Waals surface area (Å²) in [6, 6.07) is 8.82. The van der Waals surface area contributed by atoms with Crippen LogP contribution in [0.25, 0.3) is 0 Å². The topological polar surface area (TPSA) is 32.5 Å². The first-order valence-electron chi connectivity index (χ1n) is 6.46. The van der Waals surface area contributed by atoms with Crippen LogP contribution < -0.4 is 10.6 Å². The fourth-order valence-corrected chi connectivity index (χ4v) is 2.29. The first-order valence-corrected chi connectivity index (χ1v) is 6.46. The molecule has 1 aromatic carbocycles. The molecule has 1 fully saturated rings. The van der Waals surface area contributed by atoms with E-state index >= 15 is 0 Å². The van der Waals surface area contributed by atoms with E-state index in [1.165, 1.54) is 24.2 Å². The molecule has 1 saturated heterocycles. The van der Waals surface area contributed by atoms with Gasteiger partial charge in [-0.3, -0.25) is 0 Å². The van der Waals surface area contributed by atoms with Crippen LogP contribution in [0, 0.1) is 0 Å². The molecule has 1 aliphatic heterocycles. The van der Waals surface area contributed by atoms with Gasteiger partial charge in [0.2, 0.25) is 0 Å². The number of nitrogens with two attached hydrogens (primary N) is 1. The average Bonchev–Trinajstić information content (AvgIpc) is 2.54. The second-order valence-electron chi connectivity index (χ2n) is 5.02. The van der Waals surface area contributed by atoms with Crippen molar-refractivity contribution in [2.45, 2.75) is 19.4 Å². The van der Waals surface area contributed by atoms with Gasteiger partial charge in [0.1, 0.15) is 0 Å². The molecule has 0 unspecified atom stereocenters. The smallest absolute Gasteiger partial charge is 0.0366 e. The molecular weight excluding hydrogens is 210 g/mol. The number of likely N-dealkylation sites (N-methyl/N-ethyl adjacent to an activating group) is 1. The number of hydrogen-bond donors (Lipinski definition) is 1. The number of anilines is 1. The van der Waals surface area contributed by atoms with Gasteiger partial charge in [-0.15, -0.1) is 0 Å². The molecule has 94 valence electrons. The molecule has 0 bridgehead atoms. The summed E-state index contributed by atoms with van der Waals surface area (Å²) in [4.78, 5) is 4.87. The summed E-state index contributed by atoms with van der Waals surface area (Å²) in [6.07, 6.45) is 1.24. The normalized spacial score (nSPS) is 20.1. The van der Waals surface area contributed by atoms with Crippen molar-refractivity contribution in [2.24, 2.45) is 5.73 Å². The molecular formula is C14H23N3. The Morgan fingerprint density at radius 3 is 2.41 bits per heavy atom. The summed E-state index contributed by atoms with van der Waals surface area (Å²) in [5.41, 5.74) is 8.40. The lowest BCUT2D eigenvalue weighted by Crippen LogP contribution is -2.28. The largest absolute Gasteiger partial charge is 0.370 e. The monoisotopic (exact) mass is 233 g/mol. The molecule has 3 nitrogen and oxygen atoms in total. The SMILES string of the molecule is C[C@@H](N)c1ccc(N2CCCN(C)CC2)cc1. The molecule has 0 aromatic heterocycles. The maximum Gasteiger partial charge on any atom is 0.0366 e. The summed E-state index contributed by atoms with van der Waals surface area (Å²) in [5.74, 6) is 0. The number of rotatable bonds is 2. The lowest BCUT2D eigenvalue weighted by Gasteiger charge is -2.23. The maximum absolute atomic E-state index is 5.87. The van der Waals surface area contributed by atoms with E-state index in [1.54, 1.807) is 0 Å². The van der Waals surface area contributed by atoms with Gasteiger partial charge in [0.25, 0.3) is 0 Å². The van der Waals surface area contributed by atoms with Gasteiger partial charge < -0.3 is 15.5 Å². The quantitative estimate of drug-likeness (QED) is 0.846. The van der Waals surface area contributed by atoms with Gasteiger partial charge in [0, 0.05) is 31.4 Å². The van der Waals surface area contributed by atoms with Crippen LogP contribution in [0.5, 0.6) is 0 Å². The molecule has 17 heavy (non-hydrogen) atoms. The van der Waals surface area contributed by atoms with Crippen molar-refractivity contribution in [3.63, 3.8) is 0 Å². The fourth-order valence-electron chi connectivity index (χ4n) is 2.29. The van der Waals surface area contributed by atoms with E-state index in [0.717, 1.165) is 19.6 Å². The Hall–Kier alpha value is -1.06. The van der Waals surface area contributed by atoms with Crippen LogP contribution in [0.2, 0.25) is 0 Å². The molecule has 1 atom stereocenters. The third-order valence-electron chi connectivity index (χ3n) is 3.50. The summed E-state index contributed by atoms with van der Waals surface area (Å²) >= 11 is 0. The lowest BCUT2D eigenvalue weighted by atomic mass is 10.1. The van der Waals surface area contributed by atoms with Gasteiger partial charge in [0.15, 0.2) is 0 Å². The molecule has 1 aromatic rings. The molecule has 2 N–H and O–H groups in total. The minimum atomic E-state index is 0.124. The Bertz CT molecular complexity index is 345. The van der Waals surface area contributed by atoms with Crippen LogP contribution in [0.3, 0.4) is 0 Å². The maximum atomic E-state index is 5.87. The summed E-state index contributed by atoms with van der Waals surface area (Å²) < 4.78 is 0. The molecule has 1 aliphatic rings. The summed E-state index contributed by atoms with van der Waals surface area (Å²) in [7, 11) is 2.20. The van der Waals surface area contributed by atoms with Gasteiger partial charge >= 0.3 is 0 Å². The number of benzene rings is 1. The van der Waals surface area contributed by atoms with E-state index in [0.29, 0.717) is 0 Å². The van der Waals surface area contributed by atoms with Gasteiger partial charge in [-0.2, -0.15) is 0 Å². The highest BCUT2D eigenvalue weighted by Gasteiger charge is 2.12. The third kappa shape index (κ3) is 3.20. The van der Waals surface area contributed by atoms with Crippen molar-refractivity contribution in [3.8, 4) is 0 Å². The van der Waals surface area contributed by atoms with Gasteiger partial charge in [-0.25, -0.2) is 0 Å². The predicted octanol–water partition coefficient (Wildman–Crippen LogP) is 1.85. The molecule has 0 spiro atoms. The fraction of sp³-hybridized carbons (Fsp3) is 0.571. The molecule has 1 heterocycles. The minimum absolute atomic E-state index is 0.124. The summed E-state index contributed by atoms with van der Waals surface area (Å²) in [6.45, 7) is 6.65. The van der Waals surface area contributed by atoms with Crippen LogP contribution in [0.4, 0.5) is 5.69 Å².